The number of aliphatic hydroxyl groups excluding tert-OH is 1. The third-order valence-corrected chi connectivity index (χ3v) is 3.02. The SMILES string of the molecule is O=P(O)(O)CC[C@@H](O)COCc1ccccc1. The lowest BCUT2D eigenvalue weighted by atomic mass is 10.2. The van der Waals surface area contributed by atoms with Crippen molar-refractivity contribution in [2.24, 2.45) is 0 Å². The highest BCUT2D eigenvalue weighted by Gasteiger charge is 2.15. The second kappa shape index (κ2) is 6.89. The average Bonchev–Trinajstić information content (AvgIpc) is 2.27. The van der Waals surface area contributed by atoms with E-state index in [0.717, 1.165) is 5.56 Å². The molecule has 0 saturated carbocycles. The van der Waals surface area contributed by atoms with Gasteiger partial charge in [0.1, 0.15) is 0 Å². The summed E-state index contributed by atoms with van der Waals surface area (Å²) < 4.78 is 15.8. The zero-order valence-corrected chi connectivity index (χ0v) is 10.3. The van der Waals surface area contributed by atoms with E-state index in [9.17, 15) is 9.67 Å². The quantitative estimate of drug-likeness (QED) is 0.640. The van der Waals surface area contributed by atoms with E-state index in [1.807, 2.05) is 30.3 Å². The summed E-state index contributed by atoms with van der Waals surface area (Å²) in [5, 5.41) is 9.42. The zero-order valence-electron chi connectivity index (χ0n) is 9.40. The summed E-state index contributed by atoms with van der Waals surface area (Å²) in [5.41, 5.74) is 0.995. The van der Waals surface area contributed by atoms with Gasteiger partial charge in [0.05, 0.1) is 25.5 Å². The van der Waals surface area contributed by atoms with Gasteiger partial charge in [0.2, 0.25) is 0 Å². The fourth-order valence-corrected chi connectivity index (χ4v) is 1.92. The highest BCUT2D eigenvalue weighted by Crippen LogP contribution is 2.35. The first-order valence-corrected chi connectivity index (χ1v) is 7.11. The fourth-order valence-electron chi connectivity index (χ4n) is 1.29. The lowest BCUT2D eigenvalue weighted by Crippen LogP contribution is -2.16. The molecule has 0 amide bonds. The van der Waals surface area contributed by atoms with Crippen LogP contribution in [-0.2, 0) is 15.9 Å². The maximum Gasteiger partial charge on any atom is 0.325 e. The Balaban J connectivity index is 2.16. The standard InChI is InChI=1S/C11H17O5P/c12-11(6-7-17(13,14)15)9-16-8-10-4-2-1-3-5-10/h1-5,11-12H,6-9H2,(H2,13,14,15)/t11-/m1/s1. The van der Waals surface area contributed by atoms with Crippen LogP contribution in [0.4, 0.5) is 0 Å². The molecule has 17 heavy (non-hydrogen) atoms. The van der Waals surface area contributed by atoms with Crippen molar-refractivity contribution in [1.82, 2.24) is 0 Å². The molecule has 0 aromatic heterocycles. The highest BCUT2D eigenvalue weighted by molar-refractivity contribution is 7.51. The van der Waals surface area contributed by atoms with Crippen LogP contribution in [0.3, 0.4) is 0 Å². The van der Waals surface area contributed by atoms with Crippen molar-refractivity contribution in [3.05, 3.63) is 35.9 Å². The molecular weight excluding hydrogens is 243 g/mol. The summed E-state index contributed by atoms with van der Waals surface area (Å²) in [6.07, 6.45) is -1.12. The number of hydrogen-bond acceptors (Lipinski definition) is 3. The second-order valence-corrected chi connectivity index (χ2v) is 5.61. The summed E-state index contributed by atoms with van der Waals surface area (Å²) in [7, 11) is -4.03. The van der Waals surface area contributed by atoms with Crippen molar-refractivity contribution in [2.75, 3.05) is 12.8 Å². The van der Waals surface area contributed by atoms with Gasteiger partial charge in [-0.2, -0.15) is 0 Å². The number of rotatable bonds is 7. The first-order valence-electron chi connectivity index (χ1n) is 5.32. The van der Waals surface area contributed by atoms with Gasteiger partial charge in [-0.05, 0) is 12.0 Å². The maximum absolute atomic E-state index is 10.6. The summed E-state index contributed by atoms with van der Waals surface area (Å²) in [6.45, 7) is 0.461. The summed E-state index contributed by atoms with van der Waals surface area (Å²) in [4.78, 5) is 17.3. The Morgan fingerprint density at radius 2 is 1.88 bits per heavy atom. The molecular formula is C11H17O5P. The van der Waals surface area contributed by atoms with E-state index < -0.39 is 13.7 Å². The van der Waals surface area contributed by atoms with E-state index in [0.29, 0.717) is 6.61 Å². The number of benzene rings is 1. The van der Waals surface area contributed by atoms with Crippen LogP contribution in [0, 0.1) is 0 Å². The predicted octanol–water partition coefficient (Wildman–Crippen LogP) is 1.13. The molecule has 1 aromatic rings. The Hall–Kier alpha value is -0.710. The first-order chi connectivity index (χ1) is 7.97. The molecule has 0 aliphatic rings. The lowest BCUT2D eigenvalue weighted by Gasteiger charge is -2.11. The lowest BCUT2D eigenvalue weighted by molar-refractivity contribution is 0.0268. The number of aliphatic hydroxyl groups is 1. The van der Waals surface area contributed by atoms with Crippen LogP contribution in [0.25, 0.3) is 0 Å². The highest BCUT2D eigenvalue weighted by atomic mass is 31.2. The second-order valence-electron chi connectivity index (χ2n) is 3.83. The van der Waals surface area contributed by atoms with E-state index in [2.05, 4.69) is 0 Å². The van der Waals surface area contributed by atoms with Crippen molar-refractivity contribution in [3.8, 4) is 0 Å². The van der Waals surface area contributed by atoms with Crippen LogP contribution in [0.15, 0.2) is 30.3 Å². The zero-order chi connectivity index (χ0) is 12.7. The van der Waals surface area contributed by atoms with Crippen molar-refractivity contribution in [3.63, 3.8) is 0 Å². The van der Waals surface area contributed by atoms with Crippen molar-refractivity contribution >= 4 is 7.60 Å². The van der Waals surface area contributed by atoms with Crippen molar-refractivity contribution in [1.29, 1.82) is 0 Å². The molecule has 6 heteroatoms. The topological polar surface area (TPSA) is 87.0 Å². The molecule has 5 nitrogen and oxygen atoms in total. The minimum atomic E-state index is -4.03. The average molecular weight is 260 g/mol. The van der Waals surface area contributed by atoms with Crippen LogP contribution in [0.1, 0.15) is 12.0 Å². The molecule has 0 aliphatic heterocycles. The van der Waals surface area contributed by atoms with Crippen LogP contribution < -0.4 is 0 Å². The van der Waals surface area contributed by atoms with Crippen molar-refractivity contribution in [2.45, 2.75) is 19.1 Å². The Bertz CT molecular complexity index is 361. The molecule has 3 N–H and O–H groups in total. The van der Waals surface area contributed by atoms with E-state index >= 15 is 0 Å². The minimum Gasteiger partial charge on any atom is -0.391 e. The molecule has 0 unspecified atom stereocenters. The van der Waals surface area contributed by atoms with Crippen LogP contribution in [0.5, 0.6) is 0 Å². The number of ether oxygens (including phenoxy) is 1. The molecule has 96 valence electrons. The molecule has 1 rings (SSSR count). The summed E-state index contributed by atoms with van der Waals surface area (Å²) in [6, 6.07) is 9.49. The van der Waals surface area contributed by atoms with Gasteiger partial charge in [-0.25, -0.2) is 0 Å². The minimum absolute atomic E-state index is 0.0407. The smallest absolute Gasteiger partial charge is 0.325 e. The molecule has 0 aliphatic carbocycles. The van der Waals surface area contributed by atoms with Gasteiger partial charge < -0.3 is 19.6 Å². The number of hydrogen-bond donors (Lipinski definition) is 3. The van der Waals surface area contributed by atoms with E-state index in [4.69, 9.17) is 14.5 Å². The van der Waals surface area contributed by atoms with Gasteiger partial charge in [-0.1, -0.05) is 30.3 Å². The Kier molecular flexibility index (Phi) is 5.82. The van der Waals surface area contributed by atoms with Crippen molar-refractivity contribution < 1.29 is 24.2 Å². The van der Waals surface area contributed by atoms with Gasteiger partial charge in [-0.15, -0.1) is 0 Å². The van der Waals surface area contributed by atoms with Gasteiger partial charge in [0.25, 0.3) is 0 Å². The molecule has 1 atom stereocenters. The first kappa shape index (κ1) is 14.4. The maximum atomic E-state index is 10.6. The molecule has 0 bridgehead atoms. The Morgan fingerprint density at radius 3 is 2.47 bits per heavy atom. The van der Waals surface area contributed by atoms with E-state index in [-0.39, 0.29) is 19.2 Å². The molecule has 0 radical (unpaired) electrons. The largest absolute Gasteiger partial charge is 0.391 e. The Morgan fingerprint density at radius 1 is 1.24 bits per heavy atom. The third kappa shape index (κ3) is 7.26. The Labute approximate surface area is 100 Å². The molecule has 0 saturated heterocycles. The fraction of sp³-hybridized carbons (Fsp3) is 0.455. The molecule has 0 heterocycles. The van der Waals surface area contributed by atoms with Gasteiger partial charge in [0.15, 0.2) is 0 Å². The van der Waals surface area contributed by atoms with Gasteiger partial charge >= 0.3 is 7.60 Å². The van der Waals surface area contributed by atoms with Crippen LogP contribution in [-0.4, -0.2) is 33.8 Å². The third-order valence-electron chi connectivity index (χ3n) is 2.18. The van der Waals surface area contributed by atoms with Crippen LogP contribution >= 0.6 is 7.60 Å². The van der Waals surface area contributed by atoms with Crippen LogP contribution in [0.2, 0.25) is 0 Å². The van der Waals surface area contributed by atoms with Gasteiger partial charge in [-0.3, -0.25) is 4.57 Å². The van der Waals surface area contributed by atoms with E-state index in [1.165, 1.54) is 0 Å². The normalized spacial score (nSPS) is 13.6. The molecule has 1 aromatic carbocycles. The van der Waals surface area contributed by atoms with E-state index in [1.54, 1.807) is 0 Å². The van der Waals surface area contributed by atoms with Gasteiger partial charge in [0, 0.05) is 0 Å². The monoisotopic (exact) mass is 260 g/mol. The molecule has 0 fully saturated rings. The predicted molar refractivity (Wildman–Crippen MR) is 63.6 cm³/mol. The summed E-state index contributed by atoms with van der Waals surface area (Å²) in [5.74, 6) is 0. The molecule has 0 spiro atoms. The summed E-state index contributed by atoms with van der Waals surface area (Å²) >= 11 is 0.